The fraction of sp³-hybridized carbons (Fsp3) is 0.500. The summed E-state index contributed by atoms with van der Waals surface area (Å²) < 4.78 is 26.1. The van der Waals surface area contributed by atoms with Crippen LogP contribution in [0, 0.1) is 17.2 Å². The maximum absolute atomic E-state index is 12.5. The lowest BCUT2D eigenvalue weighted by Gasteiger charge is -2.21. The summed E-state index contributed by atoms with van der Waals surface area (Å²) in [6.45, 7) is 4.31. The van der Waals surface area contributed by atoms with Gasteiger partial charge >= 0.3 is 0 Å². The summed E-state index contributed by atoms with van der Waals surface area (Å²) >= 11 is 5.97. The number of nitriles is 1. The molecule has 116 valence electrons. The van der Waals surface area contributed by atoms with Crippen molar-refractivity contribution in [2.75, 3.05) is 13.6 Å². The molecule has 0 aliphatic heterocycles. The Hall–Kier alpha value is -1.13. The number of rotatable bonds is 6. The summed E-state index contributed by atoms with van der Waals surface area (Å²) in [5.41, 5.74) is 6.25. The second-order valence-electron chi connectivity index (χ2n) is 5.28. The molecule has 0 saturated carbocycles. The van der Waals surface area contributed by atoms with E-state index in [1.807, 2.05) is 19.9 Å². The van der Waals surface area contributed by atoms with Crippen LogP contribution in [-0.2, 0) is 10.0 Å². The molecule has 0 amide bonds. The predicted molar refractivity (Wildman–Crippen MR) is 83.4 cm³/mol. The van der Waals surface area contributed by atoms with Gasteiger partial charge in [0.2, 0.25) is 10.0 Å². The van der Waals surface area contributed by atoms with Gasteiger partial charge in [0, 0.05) is 19.6 Å². The van der Waals surface area contributed by atoms with Crippen LogP contribution in [0.3, 0.4) is 0 Å². The van der Waals surface area contributed by atoms with Crippen LogP contribution in [0.5, 0.6) is 0 Å². The fourth-order valence-corrected chi connectivity index (χ4v) is 3.43. The first-order chi connectivity index (χ1) is 9.70. The van der Waals surface area contributed by atoms with Crippen molar-refractivity contribution in [2.24, 2.45) is 11.7 Å². The van der Waals surface area contributed by atoms with Crippen LogP contribution in [0.1, 0.15) is 25.8 Å². The molecular formula is C14H20ClN3O2S. The molecule has 0 fully saturated rings. The molecule has 0 saturated heterocycles. The predicted octanol–water partition coefficient (Wildman–Crippen LogP) is 2.21. The molecule has 1 aromatic rings. The van der Waals surface area contributed by atoms with Crippen molar-refractivity contribution in [1.82, 2.24) is 4.31 Å². The largest absolute Gasteiger partial charge is 0.327 e. The summed E-state index contributed by atoms with van der Waals surface area (Å²) in [6, 6.07) is 6.00. The molecule has 0 aliphatic rings. The van der Waals surface area contributed by atoms with E-state index < -0.39 is 10.0 Å². The highest BCUT2D eigenvalue weighted by Gasteiger charge is 2.24. The Morgan fingerprint density at radius 1 is 1.43 bits per heavy atom. The maximum atomic E-state index is 12.5. The van der Waals surface area contributed by atoms with E-state index in [0.29, 0.717) is 24.4 Å². The third kappa shape index (κ3) is 4.42. The van der Waals surface area contributed by atoms with Gasteiger partial charge in [-0.05, 0) is 30.5 Å². The van der Waals surface area contributed by atoms with E-state index in [9.17, 15) is 8.42 Å². The van der Waals surface area contributed by atoms with Crippen molar-refractivity contribution in [3.8, 4) is 6.07 Å². The number of halogens is 1. The zero-order valence-corrected chi connectivity index (χ0v) is 13.9. The third-order valence-electron chi connectivity index (χ3n) is 3.38. The normalized spacial score (nSPS) is 13.4. The lowest BCUT2D eigenvalue weighted by Crippen LogP contribution is -2.34. The van der Waals surface area contributed by atoms with Crippen LogP contribution >= 0.6 is 11.6 Å². The van der Waals surface area contributed by atoms with Crippen LogP contribution in [0.25, 0.3) is 0 Å². The number of sulfonamides is 1. The maximum Gasteiger partial charge on any atom is 0.244 e. The quantitative estimate of drug-likeness (QED) is 0.866. The highest BCUT2D eigenvalue weighted by Crippen LogP contribution is 2.25. The van der Waals surface area contributed by atoms with Crippen LogP contribution in [-0.4, -0.2) is 32.4 Å². The Bertz CT molecular complexity index is 638. The first-order valence-electron chi connectivity index (χ1n) is 6.61. The molecule has 0 aromatic heterocycles. The Morgan fingerprint density at radius 2 is 2.05 bits per heavy atom. The third-order valence-corrected chi connectivity index (χ3v) is 5.72. The average molecular weight is 330 g/mol. The van der Waals surface area contributed by atoms with Gasteiger partial charge in [0.1, 0.15) is 4.90 Å². The van der Waals surface area contributed by atoms with Crippen molar-refractivity contribution >= 4 is 21.6 Å². The molecule has 0 spiro atoms. The Labute approximate surface area is 131 Å². The number of hydrogen-bond acceptors (Lipinski definition) is 4. The van der Waals surface area contributed by atoms with Gasteiger partial charge in [-0.25, -0.2) is 12.7 Å². The van der Waals surface area contributed by atoms with Crippen molar-refractivity contribution < 1.29 is 8.42 Å². The van der Waals surface area contributed by atoms with Gasteiger partial charge in [-0.1, -0.05) is 25.4 Å². The highest BCUT2D eigenvalue weighted by molar-refractivity contribution is 7.89. The molecule has 1 rings (SSSR count). The molecule has 0 heterocycles. The summed E-state index contributed by atoms with van der Waals surface area (Å²) in [5.74, 6) is 0.291. The van der Waals surface area contributed by atoms with E-state index in [2.05, 4.69) is 0 Å². The average Bonchev–Trinajstić information content (AvgIpc) is 2.43. The first-order valence-corrected chi connectivity index (χ1v) is 8.43. The second-order valence-corrected chi connectivity index (χ2v) is 7.70. The Balaban J connectivity index is 2.93. The zero-order valence-electron chi connectivity index (χ0n) is 12.4. The number of benzene rings is 1. The van der Waals surface area contributed by atoms with E-state index >= 15 is 0 Å². The molecule has 1 atom stereocenters. The van der Waals surface area contributed by atoms with Crippen LogP contribution in [0.2, 0.25) is 5.02 Å². The van der Waals surface area contributed by atoms with E-state index in [0.717, 1.165) is 0 Å². The molecule has 5 nitrogen and oxygen atoms in total. The van der Waals surface area contributed by atoms with Crippen molar-refractivity contribution in [3.63, 3.8) is 0 Å². The second kappa shape index (κ2) is 7.23. The number of hydrogen-bond donors (Lipinski definition) is 1. The van der Waals surface area contributed by atoms with Gasteiger partial charge in [-0.2, -0.15) is 5.26 Å². The molecule has 0 bridgehead atoms. The number of nitrogens with zero attached hydrogens (tertiary/aromatic N) is 2. The van der Waals surface area contributed by atoms with E-state index in [1.54, 1.807) is 0 Å². The molecule has 21 heavy (non-hydrogen) atoms. The van der Waals surface area contributed by atoms with Crippen molar-refractivity contribution in [1.29, 1.82) is 5.26 Å². The molecule has 1 unspecified atom stereocenters. The fourth-order valence-electron chi connectivity index (χ4n) is 1.73. The van der Waals surface area contributed by atoms with Crippen molar-refractivity contribution in [3.05, 3.63) is 28.8 Å². The zero-order chi connectivity index (χ0) is 16.2. The lowest BCUT2D eigenvalue weighted by molar-refractivity contribution is 0.397. The van der Waals surface area contributed by atoms with Gasteiger partial charge in [-0.15, -0.1) is 0 Å². The Kier molecular flexibility index (Phi) is 6.17. The Morgan fingerprint density at radius 3 is 2.52 bits per heavy atom. The molecule has 7 heteroatoms. The van der Waals surface area contributed by atoms with Gasteiger partial charge < -0.3 is 5.73 Å². The molecule has 0 radical (unpaired) electrons. The van der Waals surface area contributed by atoms with E-state index in [1.165, 1.54) is 29.6 Å². The van der Waals surface area contributed by atoms with E-state index in [4.69, 9.17) is 22.6 Å². The van der Waals surface area contributed by atoms with Gasteiger partial charge in [0.15, 0.2) is 0 Å². The molecular weight excluding hydrogens is 310 g/mol. The summed E-state index contributed by atoms with van der Waals surface area (Å²) in [6.07, 6.45) is 0.571. The highest BCUT2D eigenvalue weighted by atomic mass is 35.5. The number of nitrogens with two attached hydrogens (primary N) is 1. The van der Waals surface area contributed by atoms with Crippen LogP contribution < -0.4 is 5.73 Å². The molecule has 2 N–H and O–H groups in total. The topological polar surface area (TPSA) is 87.2 Å². The molecule has 1 aromatic carbocycles. The standard InChI is InChI=1S/C14H20ClN3O2S/c1-10(2)13(17)6-7-18(3)21(19,20)14-5-4-11(9-16)8-12(14)15/h4-5,8,10,13H,6-7,17H2,1-3H3. The summed E-state index contributed by atoms with van der Waals surface area (Å²) in [4.78, 5) is 0.00350. The van der Waals surface area contributed by atoms with Crippen molar-refractivity contribution in [2.45, 2.75) is 31.2 Å². The monoisotopic (exact) mass is 329 g/mol. The van der Waals surface area contributed by atoms with Gasteiger partial charge in [0.05, 0.1) is 16.7 Å². The van der Waals surface area contributed by atoms with Crippen LogP contribution in [0.15, 0.2) is 23.1 Å². The molecule has 0 aliphatic carbocycles. The SMILES string of the molecule is CC(C)C(N)CCN(C)S(=O)(=O)c1ccc(C#N)cc1Cl. The summed E-state index contributed by atoms with van der Waals surface area (Å²) in [5, 5.41) is 8.83. The first kappa shape index (κ1) is 17.9. The van der Waals surface area contributed by atoms with Gasteiger partial charge in [0.25, 0.3) is 0 Å². The summed E-state index contributed by atoms with van der Waals surface area (Å²) in [7, 11) is -2.18. The smallest absolute Gasteiger partial charge is 0.244 e. The van der Waals surface area contributed by atoms with E-state index in [-0.39, 0.29) is 16.0 Å². The van der Waals surface area contributed by atoms with Crippen LogP contribution in [0.4, 0.5) is 0 Å². The van der Waals surface area contributed by atoms with Gasteiger partial charge in [-0.3, -0.25) is 0 Å². The minimum atomic E-state index is -3.68. The minimum absolute atomic E-state index is 0.00350. The minimum Gasteiger partial charge on any atom is -0.327 e. The lowest BCUT2D eigenvalue weighted by atomic mass is 10.0.